The third-order valence-electron chi connectivity index (χ3n) is 5.04. The molecule has 0 spiro atoms. The number of unbranched alkanes of at least 4 members (excludes halogenated alkanes) is 1. The minimum absolute atomic E-state index is 0.152. The highest BCUT2D eigenvalue weighted by molar-refractivity contribution is 5.62. The fourth-order valence-electron chi connectivity index (χ4n) is 3.65. The van der Waals surface area contributed by atoms with Crippen molar-refractivity contribution in [3.63, 3.8) is 0 Å². The minimum Gasteiger partial charge on any atom is -0.299 e. The smallest absolute Gasteiger partial charge is 0.270 e. The van der Waals surface area contributed by atoms with Gasteiger partial charge in [0.15, 0.2) is 0 Å². The molecule has 1 unspecified atom stereocenters. The van der Waals surface area contributed by atoms with Gasteiger partial charge in [0.05, 0.1) is 0 Å². The Balaban J connectivity index is 2.15. The molecular formula is C21H31F2N. The van der Waals surface area contributed by atoms with Crippen LogP contribution in [-0.2, 0) is 12.5 Å². The number of benzene rings is 1. The average molecular weight is 335 g/mol. The van der Waals surface area contributed by atoms with Gasteiger partial charge in [-0.2, -0.15) is 0 Å². The van der Waals surface area contributed by atoms with E-state index in [1.54, 1.807) is 6.07 Å². The summed E-state index contributed by atoms with van der Waals surface area (Å²) >= 11 is 0. The number of alkyl halides is 2. The van der Waals surface area contributed by atoms with Crippen LogP contribution in [0.25, 0.3) is 5.57 Å². The normalized spacial score (nSPS) is 19.5. The molecule has 0 aromatic heterocycles. The van der Waals surface area contributed by atoms with Gasteiger partial charge in [0.1, 0.15) is 0 Å². The zero-order chi connectivity index (χ0) is 17.7. The second-order valence-electron chi connectivity index (χ2n) is 7.43. The van der Waals surface area contributed by atoms with Crippen LogP contribution in [0.3, 0.4) is 0 Å². The van der Waals surface area contributed by atoms with Gasteiger partial charge in [-0.25, -0.2) is 8.78 Å². The predicted octanol–water partition coefficient (Wildman–Crippen LogP) is 6.23. The number of hydrogen-bond acceptors (Lipinski definition) is 1. The van der Waals surface area contributed by atoms with Gasteiger partial charge in [0, 0.05) is 25.6 Å². The van der Waals surface area contributed by atoms with Gasteiger partial charge in [-0.1, -0.05) is 44.1 Å². The van der Waals surface area contributed by atoms with Gasteiger partial charge < -0.3 is 0 Å². The van der Waals surface area contributed by atoms with Crippen molar-refractivity contribution < 1.29 is 8.78 Å². The summed E-state index contributed by atoms with van der Waals surface area (Å²) in [6.45, 7) is 11.6. The molecular weight excluding hydrogens is 304 g/mol. The van der Waals surface area contributed by atoms with E-state index in [2.05, 4.69) is 18.4 Å². The third-order valence-corrected chi connectivity index (χ3v) is 5.04. The average Bonchev–Trinajstić information content (AvgIpc) is 2.52. The number of hydrogen-bond donors (Lipinski definition) is 0. The Hall–Kier alpha value is -1.22. The van der Waals surface area contributed by atoms with E-state index in [0.717, 1.165) is 42.6 Å². The molecule has 2 rings (SSSR count). The summed E-state index contributed by atoms with van der Waals surface area (Å²) in [5.41, 5.74) is 2.53. The SMILES string of the molecule is C=C(C)c1ccc(CN2CCCC(CCCC)C2)c(C(C)(F)F)c1. The standard InChI is InChI=1S/C21H31F2N/c1-5-6-8-17-9-7-12-24(14-17)15-19-11-10-18(16(2)3)13-20(19)21(4,22)23/h10-11,13,17H,2,5-9,12,14-15H2,1,3-4H3. The van der Waals surface area contributed by atoms with Gasteiger partial charge in [-0.15, -0.1) is 0 Å². The molecule has 134 valence electrons. The Labute approximate surface area is 145 Å². The molecule has 1 aromatic rings. The fourth-order valence-corrected chi connectivity index (χ4v) is 3.65. The summed E-state index contributed by atoms with van der Waals surface area (Å²) < 4.78 is 28.2. The molecule has 1 aliphatic heterocycles. The monoisotopic (exact) mass is 335 g/mol. The summed E-state index contributed by atoms with van der Waals surface area (Å²) in [5, 5.41) is 0. The molecule has 0 N–H and O–H groups in total. The number of allylic oxidation sites excluding steroid dienone is 1. The summed E-state index contributed by atoms with van der Waals surface area (Å²) in [7, 11) is 0. The summed E-state index contributed by atoms with van der Waals surface area (Å²) in [5.74, 6) is -2.10. The van der Waals surface area contributed by atoms with Crippen LogP contribution in [0, 0.1) is 5.92 Å². The lowest BCUT2D eigenvalue weighted by atomic mass is 9.91. The van der Waals surface area contributed by atoms with Crippen LogP contribution in [0.15, 0.2) is 24.8 Å². The van der Waals surface area contributed by atoms with Crippen molar-refractivity contribution in [1.29, 1.82) is 0 Å². The number of nitrogens with zero attached hydrogens (tertiary/aromatic N) is 1. The van der Waals surface area contributed by atoms with Gasteiger partial charge in [-0.3, -0.25) is 4.90 Å². The van der Waals surface area contributed by atoms with Gasteiger partial charge in [0.25, 0.3) is 5.92 Å². The Bertz CT molecular complexity index is 559. The number of halogens is 2. The van der Waals surface area contributed by atoms with Gasteiger partial charge in [0.2, 0.25) is 0 Å². The van der Waals surface area contributed by atoms with Crippen LogP contribution in [0.5, 0.6) is 0 Å². The van der Waals surface area contributed by atoms with Crippen molar-refractivity contribution in [1.82, 2.24) is 4.90 Å². The van der Waals surface area contributed by atoms with Crippen LogP contribution in [0.4, 0.5) is 8.78 Å². The maximum absolute atomic E-state index is 14.1. The summed E-state index contributed by atoms with van der Waals surface area (Å²) in [6, 6.07) is 5.41. The van der Waals surface area contributed by atoms with Crippen LogP contribution in [0.1, 0.15) is 69.6 Å². The van der Waals surface area contributed by atoms with Crippen molar-refractivity contribution in [2.45, 2.75) is 65.3 Å². The van der Waals surface area contributed by atoms with Crippen molar-refractivity contribution >= 4 is 5.57 Å². The Morgan fingerprint density at radius 1 is 1.38 bits per heavy atom. The maximum Gasteiger partial charge on any atom is 0.270 e. The quantitative estimate of drug-likeness (QED) is 0.570. The number of piperidine rings is 1. The van der Waals surface area contributed by atoms with Crippen molar-refractivity contribution in [3.8, 4) is 0 Å². The van der Waals surface area contributed by atoms with E-state index in [0.29, 0.717) is 6.54 Å². The second-order valence-corrected chi connectivity index (χ2v) is 7.43. The molecule has 0 saturated carbocycles. The zero-order valence-electron chi connectivity index (χ0n) is 15.4. The van der Waals surface area contributed by atoms with Gasteiger partial charge >= 0.3 is 0 Å². The molecule has 1 aromatic carbocycles. The van der Waals surface area contributed by atoms with E-state index in [4.69, 9.17) is 0 Å². The van der Waals surface area contributed by atoms with E-state index >= 15 is 0 Å². The Kier molecular flexibility index (Phi) is 6.56. The van der Waals surface area contributed by atoms with Gasteiger partial charge in [-0.05, 0) is 55.8 Å². The van der Waals surface area contributed by atoms with E-state index in [-0.39, 0.29) is 5.56 Å². The first kappa shape index (κ1) is 19.1. The number of rotatable bonds is 7. The molecule has 1 saturated heterocycles. The highest BCUT2D eigenvalue weighted by atomic mass is 19.3. The molecule has 0 radical (unpaired) electrons. The van der Waals surface area contributed by atoms with E-state index in [9.17, 15) is 8.78 Å². The number of likely N-dealkylation sites (tertiary alicyclic amines) is 1. The zero-order valence-corrected chi connectivity index (χ0v) is 15.4. The summed E-state index contributed by atoms with van der Waals surface area (Å²) in [6.07, 6.45) is 6.21. The largest absolute Gasteiger partial charge is 0.299 e. The van der Waals surface area contributed by atoms with E-state index in [1.165, 1.54) is 32.1 Å². The lowest BCUT2D eigenvalue weighted by Crippen LogP contribution is -2.35. The highest BCUT2D eigenvalue weighted by Crippen LogP contribution is 2.33. The molecule has 0 amide bonds. The molecule has 1 aliphatic rings. The maximum atomic E-state index is 14.1. The van der Waals surface area contributed by atoms with Crippen molar-refractivity contribution in [2.75, 3.05) is 13.1 Å². The first-order valence-electron chi connectivity index (χ1n) is 9.20. The molecule has 3 heteroatoms. The predicted molar refractivity (Wildman–Crippen MR) is 98.2 cm³/mol. The van der Waals surface area contributed by atoms with Crippen LogP contribution < -0.4 is 0 Å². The first-order chi connectivity index (χ1) is 11.3. The Morgan fingerprint density at radius 2 is 2.12 bits per heavy atom. The van der Waals surface area contributed by atoms with E-state index < -0.39 is 5.92 Å². The van der Waals surface area contributed by atoms with Crippen molar-refractivity contribution in [2.24, 2.45) is 5.92 Å². The minimum atomic E-state index is -2.82. The van der Waals surface area contributed by atoms with E-state index in [1.807, 2.05) is 19.1 Å². The molecule has 0 bridgehead atoms. The van der Waals surface area contributed by atoms with Crippen LogP contribution >= 0.6 is 0 Å². The molecule has 1 fully saturated rings. The molecule has 1 atom stereocenters. The lowest BCUT2D eigenvalue weighted by molar-refractivity contribution is 0.0155. The fraction of sp³-hybridized carbons (Fsp3) is 0.619. The Morgan fingerprint density at radius 3 is 2.75 bits per heavy atom. The third kappa shape index (κ3) is 5.14. The van der Waals surface area contributed by atoms with Crippen molar-refractivity contribution in [3.05, 3.63) is 41.5 Å². The van der Waals surface area contributed by atoms with Crippen LogP contribution in [0.2, 0.25) is 0 Å². The molecule has 0 aliphatic carbocycles. The second kappa shape index (κ2) is 8.24. The molecule has 24 heavy (non-hydrogen) atoms. The molecule has 1 heterocycles. The van der Waals surface area contributed by atoms with Crippen LogP contribution in [-0.4, -0.2) is 18.0 Å². The highest BCUT2D eigenvalue weighted by Gasteiger charge is 2.29. The lowest BCUT2D eigenvalue weighted by Gasteiger charge is -2.33. The first-order valence-corrected chi connectivity index (χ1v) is 9.20. The molecule has 1 nitrogen and oxygen atoms in total. The summed E-state index contributed by atoms with van der Waals surface area (Å²) in [4.78, 5) is 2.36. The topological polar surface area (TPSA) is 3.24 Å².